The van der Waals surface area contributed by atoms with E-state index in [1.54, 1.807) is 19.1 Å². The summed E-state index contributed by atoms with van der Waals surface area (Å²) in [6, 6.07) is 24.9. The van der Waals surface area contributed by atoms with E-state index in [1.807, 2.05) is 54.6 Å². The molecule has 0 aromatic heterocycles. The van der Waals surface area contributed by atoms with Crippen LogP contribution >= 0.6 is 0 Å². The summed E-state index contributed by atoms with van der Waals surface area (Å²) in [5, 5.41) is 14.2. The zero-order chi connectivity index (χ0) is 27.1. The van der Waals surface area contributed by atoms with Crippen LogP contribution < -0.4 is 10.0 Å². The summed E-state index contributed by atoms with van der Waals surface area (Å²) in [6.07, 6.45) is 0.391. The number of amides is 1. The van der Waals surface area contributed by atoms with Crippen molar-refractivity contribution in [1.82, 2.24) is 5.32 Å². The highest BCUT2D eigenvalue weighted by molar-refractivity contribution is 7.92. The van der Waals surface area contributed by atoms with Crippen molar-refractivity contribution in [2.75, 3.05) is 17.9 Å². The summed E-state index contributed by atoms with van der Waals surface area (Å²) in [6.45, 7) is 1.45. The van der Waals surface area contributed by atoms with Crippen LogP contribution in [0, 0.1) is 0 Å². The van der Waals surface area contributed by atoms with E-state index < -0.39 is 27.9 Å². The molecule has 196 valence electrons. The van der Waals surface area contributed by atoms with Gasteiger partial charge in [-0.25, -0.2) is 13.2 Å². The van der Waals surface area contributed by atoms with Crippen molar-refractivity contribution in [3.63, 3.8) is 0 Å². The molecule has 0 saturated carbocycles. The van der Waals surface area contributed by atoms with Gasteiger partial charge >= 0.3 is 5.97 Å². The van der Waals surface area contributed by atoms with Gasteiger partial charge in [0.1, 0.15) is 0 Å². The zero-order valence-corrected chi connectivity index (χ0v) is 21.6. The van der Waals surface area contributed by atoms with Gasteiger partial charge in [0.05, 0.1) is 35.4 Å². The van der Waals surface area contributed by atoms with Crippen molar-refractivity contribution >= 4 is 38.4 Å². The van der Waals surface area contributed by atoms with Gasteiger partial charge < -0.3 is 15.2 Å². The standard InChI is InChI=1S/C29H28N2O6S/c1-2-37-29(34)24-15-23(28(33)30-26(19-32)14-20-8-4-3-5-9-20)16-25(17-24)31-38(35,36)27-13-12-21-10-6-7-11-22(21)18-27/h3-13,15-18,26,31-32H,2,14,19H2,1H3,(H,30,33)/t26-/m0/s1. The number of ether oxygens (including phenoxy) is 1. The third-order valence-electron chi connectivity index (χ3n) is 5.87. The first-order chi connectivity index (χ1) is 18.3. The molecule has 38 heavy (non-hydrogen) atoms. The molecule has 0 bridgehead atoms. The second-order valence-electron chi connectivity index (χ2n) is 8.68. The van der Waals surface area contributed by atoms with Crippen LogP contribution in [0.25, 0.3) is 10.8 Å². The molecule has 1 atom stereocenters. The molecule has 8 nitrogen and oxygen atoms in total. The normalized spacial score (nSPS) is 12.1. The summed E-state index contributed by atoms with van der Waals surface area (Å²) < 4.78 is 33.9. The maximum Gasteiger partial charge on any atom is 0.338 e. The molecular formula is C29H28N2O6S. The van der Waals surface area contributed by atoms with Gasteiger partial charge in [0.2, 0.25) is 0 Å². The molecule has 4 rings (SSSR count). The molecule has 0 saturated heterocycles. The molecule has 0 fully saturated rings. The number of aliphatic hydroxyl groups is 1. The lowest BCUT2D eigenvalue weighted by Crippen LogP contribution is -2.39. The van der Waals surface area contributed by atoms with Crippen molar-refractivity contribution in [3.8, 4) is 0 Å². The van der Waals surface area contributed by atoms with Gasteiger partial charge in [0.15, 0.2) is 0 Å². The number of hydrogen-bond donors (Lipinski definition) is 3. The monoisotopic (exact) mass is 532 g/mol. The lowest BCUT2D eigenvalue weighted by Gasteiger charge is -2.17. The Balaban J connectivity index is 1.62. The van der Waals surface area contributed by atoms with Crippen LogP contribution in [-0.4, -0.2) is 44.7 Å². The van der Waals surface area contributed by atoms with Gasteiger partial charge in [0.25, 0.3) is 15.9 Å². The summed E-state index contributed by atoms with van der Waals surface area (Å²) in [4.78, 5) is 25.7. The van der Waals surface area contributed by atoms with Crippen LogP contribution in [0.4, 0.5) is 5.69 Å². The topological polar surface area (TPSA) is 122 Å². The minimum atomic E-state index is -4.04. The smallest absolute Gasteiger partial charge is 0.338 e. The maximum atomic E-state index is 13.2. The zero-order valence-electron chi connectivity index (χ0n) is 20.8. The van der Waals surface area contributed by atoms with Gasteiger partial charge in [-0.2, -0.15) is 0 Å². The fourth-order valence-electron chi connectivity index (χ4n) is 4.03. The van der Waals surface area contributed by atoms with Crippen LogP contribution in [0.1, 0.15) is 33.2 Å². The molecule has 0 spiro atoms. The summed E-state index contributed by atoms with van der Waals surface area (Å²) in [7, 11) is -4.04. The number of fused-ring (bicyclic) bond motifs is 1. The van der Waals surface area contributed by atoms with Crippen molar-refractivity contribution in [3.05, 3.63) is 108 Å². The predicted molar refractivity (Wildman–Crippen MR) is 146 cm³/mol. The number of carbonyl (C=O) groups excluding carboxylic acids is 2. The highest BCUT2D eigenvalue weighted by atomic mass is 32.2. The molecule has 0 aliphatic rings. The van der Waals surface area contributed by atoms with Crippen LogP contribution in [-0.2, 0) is 21.2 Å². The number of aliphatic hydroxyl groups excluding tert-OH is 1. The van der Waals surface area contributed by atoms with Crippen molar-refractivity contribution in [1.29, 1.82) is 0 Å². The molecule has 0 heterocycles. The minimum Gasteiger partial charge on any atom is -0.462 e. The fourth-order valence-corrected chi connectivity index (χ4v) is 5.10. The number of carbonyl (C=O) groups is 2. The first-order valence-electron chi connectivity index (χ1n) is 12.1. The van der Waals surface area contributed by atoms with Crippen LogP contribution in [0.15, 0.2) is 95.9 Å². The molecule has 0 aliphatic carbocycles. The Labute approximate surface area is 221 Å². The van der Waals surface area contributed by atoms with Gasteiger partial charge in [-0.1, -0.05) is 60.7 Å². The van der Waals surface area contributed by atoms with E-state index in [2.05, 4.69) is 10.0 Å². The summed E-state index contributed by atoms with van der Waals surface area (Å²) in [5.74, 6) is -1.27. The Morgan fingerprint density at radius 2 is 1.55 bits per heavy atom. The lowest BCUT2D eigenvalue weighted by atomic mass is 10.0. The Hall–Kier alpha value is -4.21. The number of anilines is 1. The molecule has 0 unspecified atom stereocenters. The summed E-state index contributed by atoms with van der Waals surface area (Å²) >= 11 is 0. The van der Waals surface area contributed by atoms with Crippen molar-refractivity contribution in [2.45, 2.75) is 24.3 Å². The SMILES string of the molecule is CCOC(=O)c1cc(NS(=O)(=O)c2ccc3ccccc3c2)cc(C(=O)N[C@H](CO)Cc2ccccc2)c1. The number of hydrogen-bond acceptors (Lipinski definition) is 6. The van der Waals surface area contributed by atoms with E-state index >= 15 is 0 Å². The molecule has 0 aliphatic heterocycles. The highest BCUT2D eigenvalue weighted by Crippen LogP contribution is 2.23. The lowest BCUT2D eigenvalue weighted by molar-refractivity contribution is 0.0526. The van der Waals surface area contributed by atoms with E-state index in [1.165, 1.54) is 24.3 Å². The maximum absolute atomic E-state index is 13.2. The average molecular weight is 533 g/mol. The molecule has 4 aromatic rings. The largest absolute Gasteiger partial charge is 0.462 e. The Morgan fingerprint density at radius 3 is 2.26 bits per heavy atom. The van der Waals surface area contributed by atoms with Gasteiger partial charge in [-0.15, -0.1) is 0 Å². The first-order valence-corrected chi connectivity index (χ1v) is 13.6. The molecule has 0 radical (unpaired) electrons. The number of nitrogens with one attached hydrogen (secondary N) is 2. The van der Waals surface area contributed by atoms with E-state index in [0.717, 1.165) is 16.3 Å². The third-order valence-corrected chi connectivity index (χ3v) is 7.25. The summed E-state index contributed by atoms with van der Waals surface area (Å²) in [5.41, 5.74) is 1.01. The van der Waals surface area contributed by atoms with Crippen molar-refractivity contribution in [2.24, 2.45) is 0 Å². The van der Waals surface area contributed by atoms with Gasteiger partial charge in [0, 0.05) is 5.56 Å². The Morgan fingerprint density at radius 1 is 0.868 bits per heavy atom. The van der Waals surface area contributed by atoms with Gasteiger partial charge in [-0.3, -0.25) is 9.52 Å². The second kappa shape index (κ2) is 11.9. The third kappa shape index (κ3) is 6.56. The molecule has 3 N–H and O–H groups in total. The van der Waals surface area contributed by atoms with E-state index in [-0.39, 0.29) is 34.9 Å². The van der Waals surface area contributed by atoms with Crippen LogP contribution in [0.3, 0.4) is 0 Å². The number of benzene rings is 4. The Bertz CT molecular complexity index is 1550. The van der Waals surface area contributed by atoms with Crippen LogP contribution in [0.2, 0.25) is 0 Å². The van der Waals surface area contributed by atoms with E-state index in [9.17, 15) is 23.1 Å². The quantitative estimate of drug-likeness (QED) is 0.264. The minimum absolute atomic E-state index is 0.0133. The molecular weight excluding hydrogens is 504 g/mol. The molecule has 9 heteroatoms. The van der Waals surface area contributed by atoms with Crippen LogP contribution in [0.5, 0.6) is 0 Å². The van der Waals surface area contributed by atoms with E-state index in [4.69, 9.17) is 4.74 Å². The highest BCUT2D eigenvalue weighted by Gasteiger charge is 2.20. The first kappa shape index (κ1) is 26.8. The fraction of sp³-hybridized carbons (Fsp3) is 0.172. The number of rotatable bonds is 10. The Kier molecular flexibility index (Phi) is 8.40. The van der Waals surface area contributed by atoms with E-state index in [0.29, 0.717) is 6.42 Å². The van der Waals surface area contributed by atoms with Crippen molar-refractivity contribution < 1.29 is 27.9 Å². The number of sulfonamides is 1. The van der Waals surface area contributed by atoms with Gasteiger partial charge in [-0.05, 0) is 60.0 Å². The second-order valence-corrected chi connectivity index (χ2v) is 10.4. The number of esters is 1. The predicted octanol–water partition coefficient (Wildman–Crippen LogP) is 4.15. The molecule has 1 amide bonds. The molecule has 4 aromatic carbocycles. The average Bonchev–Trinajstić information content (AvgIpc) is 2.92.